The molecule has 5 nitrogen and oxygen atoms in total. The summed E-state index contributed by atoms with van der Waals surface area (Å²) in [5.41, 5.74) is 5.97. The van der Waals surface area contributed by atoms with Crippen molar-refractivity contribution in [3.05, 3.63) is 23.3 Å². The summed E-state index contributed by atoms with van der Waals surface area (Å²) in [6, 6.07) is 4.79. The number of likely N-dealkylation sites (tertiary alicyclic amines) is 1. The summed E-state index contributed by atoms with van der Waals surface area (Å²) in [5, 5.41) is 6.07. The summed E-state index contributed by atoms with van der Waals surface area (Å²) in [7, 11) is 0. The molecular formula is C13H18N4OS. The molecule has 1 saturated heterocycles. The fraction of sp³-hybridized carbons (Fsp3) is 0.538. The molecule has 0 saturated carbocycles. The van der Waals surface area contributed by atoms with Crippen LogP contribution in [0.4, 0.5) is 0 Å². The van der Waals surface area contributed by atoms with E-state index in [1.54, 1.807) is 11.3 Å². The van der Waals surface area contributed by atoms with Crippen molar-refractivity contribution in [1.29, 1.82) is 0 Å². The highest BCUT2D eigenvalue weighted by Gasteiger charge is 2.24. The van der Waals surface area contributed by atoms with Gasteiger partial charge in [-0.2, -0.15) is 4.98 Å². The Kier molecular flexibility index (Phi) is 3.63. The Balaban J connectivity index is 1.67. The standard InChI is InChI=1S/C13H18N4OS/c1-9-7-10(14)4-5-17(9)8-12-15-13(18-16-12)11-3-2-6-19-11/h2-3,6,9-10H,4-5,7-8,14H2,1H3. The van der Waals surface area contributed by atoms with Crippen LogP contribution in [0.3, 0.4) is 0 Å². The van der Waals surface area contributed by atoms with E-state index in [1.165, 1.54) is 0 Å². The van der Waals surface area contributed by atoms with Gasteiger partial charge in [-0.05, 0) is 31.2 Å². The Morgan fingerprint density at radius 2 is 2.47 bits per heavy atom. The van der Waals surface area contributed by atoms with Crippen molar-refractivity contribution in [1.82, 2.24) is 15.0 Å². The zero-order valence-electron chi connectivity index (χ0n) is 11.0. The molecule has 102 valence electrons. The van der Waals surface area contributed by atoms with Crippen LogP contribution < -0.4 is 5.73 Å². The first-order chi connectivity index (χ1) is 9.22. The SMILES string of the molecule is CC1CC(N)CCN1Cc1noc(-c2cccs2)n1. The molecule has 0 aromatic carbocycles. The molecule has 6 heteroatoms. The van der Waals surface area contributed by atoms with Crippen LogP contribution in [0.15, 0.2) is 22.0 Å². The monoisotopic (exact) mass is 278 g/mol. The van der Waals surface area contributed by atoms with Crippen LogP contribution in [0.5, 0.6) is 0 Å². The third kappa shape index (κ3) is 2.86. The molecule has 2 atom stereocenters. The van der Waals surface area contributed by atoms with E-state index in [9.17, 15) is 0 Å². The predicted octanol–water partition coefficient (Wildman–Crippen LogP) is 2.11. The summed E-state index contributed by atoms with van der Waals surface area (Å²) in [6.07, 6.45) is 2.08. The first kappa shape index (κ1) is 12.8. The third-order valence-corrected chi connectivity index (χ3v) is 4.46. The Bertz CT molecular complexity index is 524. The van der Waals surface area contributed by atoms with Crippen molar-refractivity contribution in [2.24, 2.45) is 5.73 Å². The molecule has 1 aliphatic heterocycles. The Labute approximate surface area is 116 Å². The van der Waals surface area contributed by atoms with Gasteiger partial charge < -0.3 is 10.3 Å². The minimum Gasteiger partial charge on any atom is -0.333 e. The molecule has 1 aliphatic rings. The smallest absolute Gasteiger partial charge is 0.268 e. The fourth-order valence-electron chi connectivity index (χ4n) is 2.49. The van der Waals surface area contributed by atoms with Crippen LogP contribution in [-0.4, -0.2) is 33.7 Å². The molecule has 2 aromatic heterocycles. The lowest BCUT2D eigenvalue weighted by Gasteiger charge is -2.35. The van der Waals surface area contributed by atoms with Crippen LogP contribution in [0, 0.1) is 0 Å². The van der Waals surface area contributed by atoms with E-state index in [-0.39, 0.29) is 0 Å². The highest BCUT2D eigenvalue weighted by atomic mass is 32.1. The summed E-state index contributed by atoms with van der Waals surface area (Å²) < 4.78 is 5.30. The molecule has 3 heterocycles. The first-order valence-electron chi connectivity index (χ1n) is 6.58. The molecule has 2 unspecified atom stereocenters. The van der Waals surface area contributed by atoms with E-state index in [0.29, 0.717) is 18.0 Å². The zero-order valence-corrected chi connectivity index (χ0v) is 11.8. The van der Waals surface area contributed by atoms with E-state index < -0.39 is 0 Å². The lowest BCUT2D eigenvalue weighted by molar-refractivity contribution is 0.135. The summed E-state index contributed by atoms with van der Waals surface area (Å²) in [4.78, 5) is 7.85. The topological polar surface area (TPSA) is 68.2 Å². The van der Waals surface area contributed by atoms with Gasteiger partial charge in [0.05, 0.1) is 11.4 Å². The lowest BCUT2D eigenvalue weighted by atomic mass is 9.99. The second kappa shape index (κ2) is 5.40. The van der Waals surface area contributed by atoms with E-state index in [2.05, 4.69) is 22.0 Å². The minimum atomic E-state index is 0.332. The highest BCUT2D eigenvalue weighted by Crippen LogP contribution is 2.23. The number of hydrogen-bond donors (Lipinski definition) is 1. The van der Waals surface area contributed by atoms with Gasteiger partial charge in [0.25, 0.3) is 5.89 Å². The van der Waals surface area contributed by atoms with Crippen LogP contribution >= 0.6 is 11.3 Å². The fourth-order valence-corrected chi connectivity index (χ4v) is 3.14. The number of thiophene rings is 1. The molecule has 0 spiro atoms. The van der Waals surface area contributed by atoms with Crippen molar-refractivity contribution in [2.45, 2.75) is 38.4 Å². The van der Waals surface area contributed by atoms with Gasteiger partial charge in [-0.25, -0.2) is 0 Å². The Morgan fingerprint density at radius 3 is 3.21 bits per heavy atom. The van der Waals surface area contributed by atoms with Gasteiger partial charge in [-0.1, -0.05) is 11.2 Å². The molecule has 2 N–H and O–H groups in total. The number of nitrogens with two attached hydrogens (primary N) is 1. The van der Waals surface area contributed by atoms with Crippen molar-refractivity contribution in [3.8, 4) is 10.8 Å². The Hall–Kier alpha value is -1.24. The number of piperidine rings is 1. The van der Waals surface area contributed by atoms with Gasteiger partial charge >= 0.3 is 0 Å². The average molecular weight is 278 g/mol. The molecule has 2 aromatic rings. The maximum Gasteiger partial charge on any atom is 0.268 e. The average Bonchev–Trinajstić information content (AvgIpc) is 3.03. The Morgan fingerprint density at radius 1 is 1.58 bits per heavy atom. The zero-order chi connectivity index (χ0) is 13.2. The predicted molar refractivity (Wildman–Crippen MR) is 74.7 cm³/mol. The van der Waals surface area contributed by atoms with Gasteiger partial charge in [0.1, 0.15) is 0 Å². The van der Waals surface area contributed by atoms with Crippen molar-refractivity contribution >= 4 is 11.3 Å². The van der Waals surface area contributed by atoms with Crippen molar-refractivity contribution in [2.75, 3.05) is 6.54 Å². The summed E-state index contributed by atoms with van der Waals surface area (Å²) in [5.74, 6) is 1.37. The summed E-state index contributed by atoms with van der Waals surface area (Å²) in [6.45, 7) is 3.95. The van der Waals surface area contributed by atoms with E-state index >= 15 is 0 Å². The number of aromatic nitrogens is 2. The molecule has 0 aliphatic carbocycles. The highest BCUT2D eigenvalue weighted by molar-refractivity contribution is 7.13. The summed E-state index contributed by atoms with van der Waals surface area (Å²) >= 11 is 1.61. The second-order valence-electron chi connectivity index (χ2n) is 5.10. The molecule has 0 radical (unpaired) electrons. The van der Waals surface area contributed by atoms with Crippen LogP contribution in [0.1, 0.15) is 25.6 Å². The van der Waals surface area contributed by atoms with Crippen LogP contribution in [0.2, 0.25) is 0 Å². The van der Waals surface area contributed by atoms with Crippen LogP contribution in [0.25, 0.3) is 10.8 Å². The molecule has 0 bridgehead atoms. The first-order valence-corrected chi connectivity index (χ1v) is 7.46. The molecule has 3 rings (SSSR count). The van der Waals surface area contributed by atoms with Crippen molar-refractivity contribution in [3.63, 3.8) is 0 Å². The molecular weight excluding hydrogens is 260 g/mol. The molecule has 19 heavy (non-hydrogen) atoms. The quantitative estimate of drug-likeness (QED) is 0.931. The van der Waals surface area contributed by atoms with E-state index in [4.69, 9.17) is 10.3 Å². The van der Waals surface area contributed by atoms with Gasteiger partial charge in [0.15, 0.2) is 5.82 Å². The van der Waals surface area contributed by atoms with Crippen LogP contribution in [-0.2, 0) is 6.54 Å². The van der Waals surface area contributed by atoms with Gasteiger partial charge in [-0.3, -0.25) is 4.90 Å². The van der Waals surface area contributed by atoms with Gasteiger partial charge in [0, 0.05) is 18.6 Å². The normalized spacial score (nSPS) is 24.7. The second-order valence-corrected chi connectivity index (χ2v) is 6.04. The maximum absolute atomic E-state index is 5.97. The number of hydrogen-bond acceptors (Lipinski definition) is 6. The molecule has 1 fully saturated rings. The minimum absolute atomic E-state index is 0.332. The van der Waals surface area contributed by atoms with Gasteiger partial charge in [0.2, 0.25) is 0 Å². The number of rotatable bonds is 3. The maximum atomic E-state index is 5.97. The number of nitrogens with zero attached hydrogens (tertiary/aromatic N) is 3. The van der Waals surface area contributed by atoms with Crippen molar-refractivity contribution < 1.29 is 4.52 Å². The third-order valence-electron chi connectivity index (χ3n) is 3.60. The largest absolute Gasteiger partial charge is 0.333 e. The lowest BCUT2D eigenvalue weighted by Crippen LogP contribution is -2.45. The molecule has 0 amide bonds. The van der Waals surface area contributed by atoms with E-state index in [0.717, 1.165) is 36.6 Å². The van der Waals surface area contributed by atoms with E-state index in [1.807, 2.05) is 17.5 Å². The van der Waals surface area contributed by atoms with Gasteiger partial charge in [-0.15, -0.1) is 11.3 Å².